The average molecular weight is 179 g/mol. The first kappa shape index (κ1) is 7.53. The summed E-state index contributed by atoms with van der Waals surface area (Å²) >= 11 is 0. The predicted molar refractivity (Wildman–Crippen MR) is 42.8 cm³/mol. The first-order valence-electron chi connectivity index (χ1n) is 3.48. The van der Waals surface area contributed by atoms with Gasteiger partial charge >= 0.3 is 11.7 Å². The van der Waals surface area contributed by atoms with Gasteiger partial charge in [0.15, 0.2) is 0 Å². The van der Waals surface area contributed by atoms with Crippen LogP contribution in [0.2, 0.25) is 0 Å². The minimum atomic E-state index is -1.18. The van der Waals surface area contributed by atoms with Crippen LogP contribution in [0.15, 0.2) is 23.3 Å². The summed E-state index contributed by atoms with van der Waals surface area (Å²) in [4.78, 5) is 27.7. The van der Waals surface area contributed by atoms with Crippen molar-refractivity contribution >= 4 is 11.6 Å². The summed E-state index contributed by atoms with van der Waals surface area (Å²) < 4.78 is 1.23. The number of carboxylic acids is 1. The van der Waals surface area contributed by atoms with Crippen LogP contribution in [0.1, 0.15) is 10.5 Å². The number of carboxylic acid groups (broad SMARTS) is 1. The Balaban J connectivity index is 2.85. The highest BCUT2D eigenvalue weighted by molar-refractivity contribution is 5.86. The van der Waals surface area contributed by atoms with Crippen molar-refractivity contribution in [2.45, 2.75) is 0 Å². The maximum Gasteiger partial charge on any atom is 0.352 e. The number of nitrogens with one attached hydrogen (secondary N) is 1. The fourth-order valence-corrected chi connectivity index (χ4v) is 1.05. The highest BCUT2D eigenvalue weighted by atomic mass is 16.4. The van der Waals surface area contributed by atoms with E-state index in [1.807, 2.05) is 0 Å². The Morgan fingerprint density at radius 2 is 2.38 bits per heavy atom. The van der Waals surface area contributed by atoms with Crippen LogP contribution in [0.5, 0.6) is 0 Å². The zero-order chi connectivity index (χ0) is 9.42. The van der Waals surface area contributed by atoms with Crippen LogP contribution in [0.4, 0.5) is 0 Å². The molecule has 2 aromatic heterocycles. The molecule has 2 N–H and O–H groups in total. The number of carbonyl (C=O) groups is 1. The molecule has 0 unspecified atom stereocenters. The Morgan fingerprint density at radius 3 is 3.08 bits per heavy atom. The van der Waals surface area contributed by atoms with E-state index in [-0.39, 0.29) is 5.69 Å². The van der Waals surface area contributed by atoms with E-state index in [2.05, 4.69) is 9.97 Å². The van der Waals surface area contributed by atoms with E-state index in [0.29, 0.717) is 5.65 Å². The first-order chi connectivity index (χ1) is 6.18. The van der Waals surface area contributed by atoms with Crippen molar-refractivity contribution in [3.05, 3.63) is 34.6 Å². The molecule has 0 aliphatic carbocycles. The molecule has 0 amide bonds. The van der Waals surface area contributed by atoms with E-state index in [1.54, 1.807) is 0 Å². The number of nitrogens with zero attached hydrogens (tertiary/aromatic N) is 2. The van der Waals surface area contributed by atoms with E-state index in [9.17, 15) is 9.59 Å². The highest BCUT2D eigenvalue weighted by Crippen LogP contribution is 1.98. The molecule has 0 spiro atoms. The number of imidazole rings is 1. The summed E-state index contributed by atoms with van der Waals surface area (Å²) in [6.07, 6.45) is 2.88. The zero-order valence-corrected chi connectivity index (χ0v) is 6.39. The number of aromatic amines is 1. The minimum absolute atomic E-state index is 0.163. The Bertz CT molecular complexity index is 525. The second-order valence-corrected chi connectivity index (χ2v) is 2.45. The topological polar surface area (TPSA) is 87.5 Å². The third-order valence-electron chi connectivity index (χ3n) is 1.63. The SMILES string of the molecule is O=C(O)c1cc2nccn2c(=O)[nH]1. The van der Waals surface area contributed by atoms with Crippen molar-refractivity contribution < 1.29 is 9.90 Å². The summed E-state index contributed by atoms with van der Waals surface area (Å²) in [5, 5.41) is 8.60. The minimum Gasteiger partial charge on any atom is -0.477 e. The molecule has 0 saturated carbocycles. The molecule has 0 bridgehead atoms. The lowest BCUT2D eigenvalue weighted by Gasteiger charge is -1.94. The number of hydrogen-bond acceptors (Lipinski definition) is 3. The average Bonchev–Trinajstić information content (AvgIpc) is 2.51. The Labute approximate surface area is 71.5 Å². The van der Waals surface area contributed by atoms with Gasteiger partial charge in [0.1, 0.15) is 11.3 Å². The molecule has 6 heteroatoms. The Hall–Kier alpha value is -2.11. The van der Waals surface area contributed by atoms with Gasteiger partial charge in [-0.25, -0.2) is 14.6 Å². The third-order valence-corrected chi connectivity index (χ3v) is 1.63. The summed E-state index contributed by atoms with van der Waals surface area (Å²) in [6, 6.07) is 1.30. The Kier molecular flexibility index (Phi) is 1.42. The van der Waals surface area contributed by atoms with Gasteiger partial charge in [-0.15, -0.1) is 0 Å². The smallest absolute Gasteiger partial charge is 0.352 e. The number of aromatic nitrogens is 3. The number of aromatic carboxylic acids is 1. The molecule has 0 aromatic carbocycles. The van der Waals surface area contributed by atoms with Crippen LogP contribution >= 0.6 is 0 Å². The van der Waals surface area contributed by atoms with Crippen LogP contribution in [0.3, 0.4) is 0 Å². The molecule has 0 aliphatic rings. The van der Waals surface area contributed by atoms with Gasteiger partial charge < -0.3 is 10.1 Å². The normalized spacial score (nSPS) is 10.5. The van der Waals surface area contributed by atoms with Gasteiger partial charge in [0.2, 0.25) is 0 Å². The molecular formula is C7H5N3O3. The predicted octanol–water partition coefficient (Wildman–Crippen LogP) is -0.279. The summed E-state index contributed by atoms with van der Waals surface area (Å²) in [5.74, 6) is -1.18. The molecule has 66 valence electrons. The van der Waals surface area contributed by atoms with Gasteiger partial charge in [0.25, 0.3) is 0 Å². The van der Waals surface area contributed by atoms with E-state index in [0.717, 1.165) is 0 Å². The number of rotatable bonds is 1. The standard InChI is InChI=1S/C7H5N3O3/c11-6(12)4-3-5-8-1-2-10(5)7(13)9-4/h1-3H,(H,9,13)(H,11,12). The van der Waals surface area contributed by atoms with Crippen LogP contribution in [0, 0.1) is 0 Å². The molecule has 0 radical (unpaired) electrons. The molecule has 6 nitrogen and oxygen atoms in total. The van der Waals surface area contributed by atoms with E-state index < -0.39 is 11.7 Å². The number of fused-ring (bicyclic) bond motifs is 1. The molecule has 0 fully saturated rings. The van der Waals surface area contributed by atoms with E-state index in [1.165, 1.54) is 22.9 Å². The van der Waals surface area contributed by atoms with Crippen LogP contribution in [-0.2, 0) is 0 Å². The molecule has 2 heterocycles. The van der Waals surface area contributed by atoms with Gasteiger partial charge in [-0.2, -0.15) is 0 Å². The molecule has 0 atom stereocenters. The van der Waals surface area contributed by atoms with Crippen LogP contribution < -0.4 is 5.69 Å². The van der Waals surface area contributed by atoms with Crippen molar-refractivity contribution in [3.8, 4) is 0 Å². The lowest BCUT2D eigenvalue weighted by Crippen LogP contribution is -2.19. The molecule has 0 aliphatic heterocycles. The quantitative estimate of drug-likeness (QED) is 0.630. The summed E-state index contributed by atoms with van der Waals surface area (Å²) in [7, 11) is 0. The molecule has 13 heavy (non-hydrogen) atoms. The molecule has 2 rings (SSSR count). The van der Waals surface area contributed by atoms with E-state index in [4.69, 9.17) is 5.11 Å². The molecule has 2 aromatic rings. The fraction of sp³-hybridized carbons (Fsp3) is 0. The van der Waals surface area contributed by atoms with Gasteiger partial charge in [0, 0.05) is 18.5 Å². The lowest BCUT2D eigenvalue weighted by molar-refractivity contribution is 0.0690. The largest absolute Gasteiger partial charge is 0.477 e. The number of hydrogen-bond donors (Lipinski definition) is 2. The monoisotopic (exact) mass is 179 g/mol. The van der Waals surface area contributed by atoms with Gasteiger partial charge in [-0.05, 0) is 0 Å². The summed E-state index contributed by atoms with van der Waals surface area (Å²) in [5.41, 5.74) is -0.350. The fourth-order valence-electron chi connectivity index (χ4n) is 1.05. The summed E-state index contributed by atoms with van der Waals surface area (Å²) in [6.45, 7) is 0. The first-order valence-corrected chi connectivity index (χ1v) is 3.48. The molecular weight excluding hydrogens is 174 g/mol. The van der Waals surface area contributed by atoms with Crippen molar-refractivity contribution in [3.63, 3.8) is 0 Å². The number of H-pyrrole nitrogens is 1. The van der Waals surface area contributed by atoms with Crippen LogP contribution in [0.25, 0.3) is 5.65 Å². The maximum atomic E-state index is 11.2. The van der Waals surface area contributed by atoms with Gasteiger partial charge in [0.05, 0.1) is 0 Å². The molecule has 0 saturated heterocycles. The van der Waals surface area contributed by atoms with Crippen LogP contribution in [-0.4, -0.2) is 25.4 Å². The van der Waals surface area contributed by atoms with Gasteiger partial charge in [-0.1, -0.05) is 0 Å². The van der Waals surface area contributed by atoms with E-state index >= 15 is 0 Å². The lowest BCUT2D eigenvalue weighted by atomic mass is 10.4. The zero-order valence-electron chi connectivity index (χ0n) is 6.39. The second kappa shape index (κ2) is 2.44. The van der Waals surface area contributed by atoms with Crippen molar-refractivity contribution in [1.82, 2.24) is 14.4 Å². The van der Waals surface area contributed by atoms with Crippen molar-refractivity contribution in [1.29, 1.82) is 0 Å². The third kappa shape index (κ3) is 1.08. The maximum absolute atomic E-state index is 11.2. The van der Waals surface area contributed by atoms with Crippen molar-refractivity contribution in [2.24, 2.45) is 0 Å². The highest BCUT2D eigenvalue weighted by Gasteiger charge is 2.06. The van der Waals surface area contributed by atoms with Gasteiger partial charge in [-0.3, -0.25) is 4.40 Å². The van der Waals surface area contributed by atoms with Crippen molar-refractivity contribution in [2.75, 3.05) is 0 Å². The Morgan fingerprint density at radius 1 is 1.62 bits per heavy atom. The second-order valence-electron chi connectivity index (χ2n) is 2.45.